The lowest BCUT2D eigenvalue weighted by Crippen LogP contribution is -2.30. The third-order valence-electron chi connectivity index (χ3n) is 14.9. The van der Waals surface area contributed by atoms with Gasteiger partial charge in [-0.25, -0.2) is 9.13 Å². The summed E-state index contributed by atoms with van der Waals surface area (Å²) in [6.45, 7) is 4.58. The molecule has 0 spiro atoms. The molecule has 17 nitrogen and oxygen atoms in total. The van der Waals surface area contributed by atoms with Gasteiger partial charge in [0, 0.05) is 19.3 Å². The summed E-state index contributed by atoms with van der Waals surface area (Å²) in [6.07, 6.45) is 64.9. The van der Waals surface area contributed by atoms with E-state index in [1.54, 1.807) is 6.08 Å². The van der Waals surface area contributed by atoms with Gasteiger partial charge in [0.05, 0.1) is 32.8 Å². The van der Waals surface area contributed by atoms with E-state index in [1.165, 1.54) is 89.9 Å². The number of allylic oxidation sites excluding steroid dienone is 13. The van der Waals surface area contributed by atoms with Gasteiger partial charge in [0.25, 0.3) is 0 Å². The minimum atomic E-state index is -4.99. The Morgan fingerprint density at radius 1 is 0.326 bits per heavy atom. The molecule has 0 heterocycles. The van der Waals surface area contributed by atoms with Crippen LogP contribution in [-0.4, -0.2) is 96.7 Å². The number of rotatable bonds is 67. The van der Waals surface area contributed by atoms with Crippen LogP contribution in [0.15, 0.2) is 85.1 Å². The molecule has 0 amide bonds. The van der Waals surface area contributed by atoms with Gasteiger partial charge in [0.2, 0.25) is 0 Å². The van der Waals surface area contributed by atoms with Crippen molar-refractivity contribution in [1.29, 1.82) is 0 Å². The first-order valence-corrected chi connectivity index (χ1v) is 38.8. The number of unbranched alkanes of at least 4 members (excludes halogenated alkanes) is 28. The molecule has 0 aliphatic carbocycles. The van der Waals surface area contributed by atoms with Gasteiger partial charge in [0.1, 0.15) is 19.3 Å². The van der Waals surface area contributed by atoms with Crippen LogP contribution in [0.3, 0.4) is 0 Å². The molecule has 3 N–H and O–H groups in total. The maximum absolute atomic E-state index is 13.0. The van der Waals surface area contributed by atoms with Crippen LogP contribution >= 0.6 is 15.6 Å². The molecule has 0 saturated carbocycles. The second-order valence-corrected chi connectivity index (χ2v) is 26.7. The molecule has 19 heteroatoms. The van der Waals surface area contributed by atoms with Gasteiger partial charge >= 0.3 is 39.5 Å². The zero-order valence-electron chi connectivity index (χ0n) is 57.7. The van der Waals surface area contributed by atoms with Gasteiger partial charge in [-0.2, -0.15) is 0 Å². The van der Waals surface area contributed by atoms with Crippen LogP contribution in [0.25, 0.3) is 0 Å². The fraction of sp³-hybridized carbons (Fsp3) is 0.753. The van der Waals surface area contributed by atoms with Crippen LogP contribution in [0.5, 0.6) is 0 Å². The highest BCUT2D eigenvalue weighted by molar-refractivity contribution is 7.47. The summed E-state index contributed by atoms with van der Waals surface area (Å²) >= 11 is 0. The van der Waals surface area contributed by atoms with Gasteiger partial charge in [-0.15, -0.1) is 0 Å². The number of phosphoric ester groups is 2. The van der Waals surface area contributed by atoms with Crippen molar-refractivity contribution < 1.29 is 80.2 Å². The molecule has 0 rings (SSSR count). The SMILES string of the molecule is CC/C=C\C/C=C\C/C=C\C/C=C\C/C=C\CC(=O)OCC(COP(=O)(O)OCC(O)COP(=O)(O)OCC(COC(=O)CCCCCCC/C=C\CCCC)OC(=O)CCCCCCCCCCCCC)OC(=O)CCCCCCC/C=C\CCCCCCCC. The highest BCUT2D eigenvalue weighted by Gasteiger charge is 2.30. The number of ether oxygens (including phenoxy) is 4. The maximum atomic E-state index is 13.0. The molecular weight excluding hydrogens is 1210 g/mol. The number of carbonyl (C=O) groups excluding carboxylic acids is 4. The summed E-state index contributed by atoms with van der Waals surface area (Å²) < 4.78 is 68.1. The molecule has 532 valence electrons. The second kappa shape index (κ2) is 65.9. The second-order valence-electron chi connectivity index (χ2n) is 23.8. The molecule has 0 aromatic heterocycles. The predicted molar refractivity (Wildman–Crippen MR) is 372 cm³/mol. The number of phosphoric acid groups is 2. The standard InChI is InChI=1S/C73H128O17P2/c1-5-9-13-17-21-25-29-31-33-35-39-42-46-50-54-58-71(76)84-64-69(90-73(78)60-56-52-48-44-40-36-34-32-30-26-22-18-14-10-6-2)66-88-92(81,82)86-62-67(74)61-85-91(79,80)87-65-68(89-72(77)59-55-51-47-43-38-28-24-20-16-12-8-4)63-83-70(75)57-53-49-45-41-37-27-23-19-15-11-7-3/h9,13,19,21,23,25,31-34,39,42,50,54,67-69,74H,5-8,10-12,14-18,20,22,24,26-30,35-38,40-41,43-49,51-53,55-66H2,1-4H3,(H,79,80)(H,81,82)/b13-9-,23-19-,25-21-,33-31-,34-32-,42-39-,54-50-. The van der Waals surface area contributed by atoms with E-state index in [2.05, 4.69) is 88.5 Å². The van der Waals surface area contributed by atoms with Gasteiger partial charge in [-0.1, -0.05) is 260 Å². The number of aliphatic hydroxyl groups excluding tert-OH is 1. The molecule has 92 heavy (non-hydrogen) atoms. The minimum Gasteiger partial charge on any atom is -0.462 e. The number of carbonyl (C=O) groups is 4. The molecule has 0 fully saturated rings. The van der Waals surface area contributed by atoms with E-state index in [0.717, 1.165) is 128 Å². The first-order chi connectivity index (χ1) is 44.7. The zero-order chi connectivity index (χ0) is 67.5. The van der Waals surface area contributed by atoms with Crippen molar-refractivity contribution >= 4 is 39.5 Å². The van der Waals surface area contributed by atoms with E-state index in [4.69, 9.17) is 37.0 Å². The van der Waals surface area contributed by atoms with Crippen molar-refractivity contribution in [2.75, 3.05) is 39.6 Å². The zero-order valence-corrected chi connectivity index (χ0v) is 59.5. The van der Waals surface area contributed by atoms with Crippen molar-refractivity contribution in [3.63, 3.8) is 0 Å². The first kappa shape index (κ1) is 88.2. The molecular formula is C73H128O17P2. The molecule has 0 saturated heterocycles. The van der Waals surface area contributed by atoms with Gasteiger partial charge < -0.3 is 33.8 Å². The van der Waals surface area contributed by atoms with Crippen molar-refractivity contribution in [3.8, 4) is 0 Å². The fourth-order valence-corrected chi connectivity index (χ4v) is 11.0. The van der Waals surface area contributed by atoms with Crippen molar-refractivity contribution in [2.45, 2.75) is 316 Å². The van der Waals surface area contributed by atoms with Gasteiger partial charge in [0.15, 0.2) is 12.2 Å². The Labute approximate surface area is 557 Å². The molecule has 0 bridgehead atoms. The van der Waals surface area contributed by atoms with E-state index >= 15 is 0 Å². The number of hydrogen-bond acceptors (Lipinski definition) is 15. The lowest BCUT2D eigenvalue weighted by Gasteiger charge is -2.21. The number of hydrogen-bond donors (Lipinski definition) is 3. The summed E-state index contributed by atoms with van der Waals surface area (Å²) in [5, 5.41) is 10.6. The summed E-state index contributed by atoms with van der Waals surface area (Å²) in [6, 6.07) is 0. The van der Waals surface area contributed by atoms with Crippen LogP contribution < -0.4 is 0 Å². The maximum Gasteiger partial charge on any atom is 0.472 e. The summed E-state index contributed by atoms with van der Waals surface area (Å²) in [7, 11) is -9.95. The molecule has 0 aliphatic rings. The highest BCUT2D eigenvalue weighted by atomic mass is 31.2. The Bertz CT molecular complexity index is 2090. The van der Waals surface area contributed by atoms with E-state index in [0.29, 0.717) is 25.7 Å². The lowest BCUT2D eigenvalue weighted by molar-refractivity contribution is -0.161. The molecule has 5 unspecified atom stereocenters. The molecule has 0 radical (unpaired) electrons. The van der Waals surface area contributed by atoms with Crippen LogP contribution in [0.1, 0.15) is 297 Å². The molecule has 5 atom stereocenters. The van der Waals surface area contributed by atoms with Crippen LogP contribution in [-0.2, 0) is 65.4 Å². The average Bonchev–Trinajstić information content (AvgIpc) is 2.93. The topological polar surface area (TPSA) is 237 Å². The van der Waals surface area contributed by atoms with Gasteiger partial charge in [-0.3, -0.25) is 37.3 Å². The third-order valence-corrected chi connectivity index (χ3v) is 16.8. The molecule has 0 aliphatic heterocycles. The fourth-order valence-electron chi connectivity index (χ4n) is 9.39. The Kier molecular flexibility index (Phi) is 63.2. The lowest BCUT2D eigenvalue weighted by atomic mass is 10.1. The van der Waals surface area contributed by atoms with E-state index in [9.17, 15) is 43.2 Å². The Morgan fingerprint density at radius 3 is 0.989 bits per heavy atom. The largest absolute Gasteiger partial charge is 0.472 e. The van der Waals surface area contributed by atoms with Crippen LogP contribution in [0, 0.1) is 0 Å². The van der Waals surface area contributed by atoms with E-state index < -0.39 is 97.5 Å². The average molecular weight is 1340 g/mol. The van der Waals surface area contributed by atoms with Crippen molar-refractivity contribution in [3.05, 3.63) is 85.1 Å². The van der Waals surface area contributed by atoms with E-state index in [-0.39, 0.29) is 25.7 Å². The normalized spacial score (nSPS) is 14.6. The first-order valence-electron chi connectivity index (χ1n) is 35.8. The summed E-state index contributed by atoms with van der Waals surface area (Å²) in [4.78, 5) is 72.5. The Hall–Kier alpha value is -3.76. The quantitative estimate of drug-likeness (QED) is 0.0169. The third kappa shape index (κ3) is 64.9. The number of esters is 4. The van der Waals surface area contributed by atoms with Crippen molar-refractivity contribution in [2.24, 2.45) is 0 Å². The van der Waals surface area contributed by atoms with Crippen molar-refractivity contribution in [1.82, 2.24) is 0 Å². The monoisotopic (exact) mass is 1340 g/mol. The van der Waals surface area contributed by atoms with Crippen LogP contribution in [0.2, 0.25) is 0 Å². The van der Waals surface area contributed by atoms with E-state index in [1.807, 2.05) is 18.2 Å². The Morgan fingerprint density at radius 2 is 0.620 bits per heavy atom. The predicted octanol–water partition coefficient (Wildman–Crippen LogP) is 19.9. The van der Waals surface area contributed by atoms with Crippen LogP contribution in [0.4, 0.5) is 0 Å². The smallest absolute Gasteiger partial charge is 0.462 e. The minimum absolute atomic E-state index is 0.0669. The summed E-state index contributed by atoms with van der Waals surface area (Å²) in [5.41, 5.74) is 0. The number of aliphatic hydroxyl groups is 1. The van der Waals surface area contributed by atoms with Gasteiger partial charge in [-0.05, 0) is 96.3 Å². The molecule has 0 aromatic carbocycles. The molecule has 0 aromatic rings. The Balaban J connectivity index is 5.39. The highest BCUT2D eigenvalue weighted by Crippen LogP contribution is 2.45. The summed E-state index contributed by atoms with van der Waals surface area (Å²) in [5.74, 6) is -2.33.